The predicted molar refractivity (Wildman–Crippen MR) is 112 cm³/mol. The first-order valence-electron chi connectivity index (χ1n) is 10.7. The zero-order valence-electron chi connectivity index (χ0n) is 18.7. The van der Waals surface area contributed by atoms with E-state index in [-0.39, 0.29) is 11.4 Å². The molecule has 1 aromatic rings. The molecule has 1 aromatic carbocycles. The molecule has 11 heteroatoms. The minimum absolute atomic E-state index is 0.0773. The smallest absolute Gasteiger partial charge is 0.490 e. The van der Waals surface area contributed by atoms with Crippen LogP contribution in [0.5, 0.6) is 11.5 Å². The molecule has 0 bridgehead atoms. The summed E-state index contributed by atoms with van der Waals surface area (Å²) in [6.45, 7) is 4.74. The van der Waals surface area contributed by atoms with Crippen molar-refractivity contribution in [3.8, 4) is 11.5 Å². The Balaban J connectivity index is 0.000000383. The van der Waals surface area contributed by atoms with Crippen molar-refractivity contribution in [3.05, 3.63) is 23.8 Å². The first-order valence-corrected chi connectivity index (χ1v) is 10.7. The Morgan fingerprint density at radius 2 is 1.85 bits per heavy atom. The Labute approximate surface area is 190 Å². The Morgan fingerprint density at radius 1 is 1.21 bits per heavy atom. The van der Waals surface area contributed by atoms with E-state index in [1.807, 2.05) is 23.1 Å². The van der Waals surface area contributed by atoms with Crippen LogP contribution in [0, 0.1) is 5.92 Å². The first kappa shape index (κ1) is 25.1. The molecule has 3 heterocycles. The molecule has 3 aliphatic heterocycles. The van der Waals surface area contributed by atoms with Crippen molar-refractivity contribution in [3.63, 3.8) is 0 Å². The summed E-state index contributed by atoms with van der Waals surface area (Å²) in [5.74, 6) is -0.681. The summed E-state index contributed by atoms with van der Waals surface area (Å²) >= 11 is 0. The lowest BCUT2D eigenvalue weighted by Gasteiger charge is -2.58. The highest BCUT2D eigenvalue weighted by Gasteiger charge is 2.51. The molecule has 1 amide bonds. The summed E-state index contributed by atoms with van der Waals surface area (Å²) in [4.78, 5) is 26.2. The molecule has 0 aliphatic carbocycles. The van der Waals surface area contributed by atoms with Gasteiger partial charge in [0.05, 0.1) is 18.8 Å². The molecular formula is C22H29F3N2O6. The SMILES string of the molecule is COCC1CCN(C)C2(C1)CN(C(=O)c1ccc3c(c1)OCCCO3)C2.O=C(O)C(F)(F)F. The molecule has 1 N–H and O–H groups in total. The summed E-state index contributed by atoms with van der Waals surface area (Å²) in [7, 11) is 3.95. The van der Waals surface area contributed by atoms with Gasteiger partial charge in [0.25, 0.3) is 5.91 Å². The zero-order valence-corrected chi connectivity index (χ0v) is 18.7. The Hall–Kier alpha value is -2.53. The maximum absolute atomic E-state index is 12.9. The van der Waals surface area contributed by atoms with Crippen molar-refractivity contribution < 1.29 is 42.1 Å². The second-order valence-corrected chi connectivity index (χ2v) is 8.64. The maximum Gasteiger partial charge on any atom is 0.490 e. The average molecular weight is 474 g/mol. The van der Waals surface area contributed by atoms with E-state index in [1.165, 1.54) is 6.42 Å². The topological polar surface area (TPSA) is 88.5 Å². The van der Waals surface area contributed by atoms with Gasteiger partial charge < -0.3 is 24.2 Å². The van der Waals surface area contributed by atoms with Crippen molar-refractivity contribution in [2.75, 3.05) is 53.6 Å². The van der Waals surface area contributed by atoms with Crippen LogP contribution in [0.1, 0.15) is 29.6 Å². The van der Waals surface area contributed by atoms with Crippen LogP contribution in [0.25, 0.3) is 0 Å². The fourth-order valence-corrected chi connectivity index (χ4v) is 4.44. The van der Waals surface area contributed by atoms with Gasteiger partial charge in [0.1, 0.15) is 0 Å². The standard InChI is InChI=1S/C20H28N2O4.C2HF3O2/c1-21-7-6-15(12-24-2)11-20(21)13-22(14-20)19(23)16-4-5-17-18(10-16)26-9-3-8-25-17;3-2(4,5)1(6)7/h4-5,10,15H,3,6-9,11-14H2,1-2H3;(H,6,7). The summed E-state index contributed by atoms with van der Waals surface area (Å²) < 4.78 is 48.5. The highest BCUT2D eigenvalue weighted by molar-refractivity contribution is 5.95. The molecule has 1 spiro atoms. The van der Waals surface area contributed by atoms with Crippen LogP contribution >= 0.6 is 0 Å². The van der Waals surface area contributed by atoms with Crippen LogP contribution in [0.2, 0.25) is 0 Å². The summed E-state index contributed by atoms with van der Waals surface area (Å²) in [5, 5.41) is 7.12. The molecule has 3 aliphatic rings. The minimum Gasteiger partial charge on any atom is -0.490 e. The van der Waals surface area contributed by atoms with Crippen LogP contribution < -0.4 is 9.47 Å². The van der Waals surface area contributed by atoms with Gasteiger partial charge in [0.15, 0.2) is 11.5 Å². The number of alkyl halides is 3. The zero-order chi connectivity index (χ0) is 24.2. The van der Waals surface area contributed by atoms with E-state index in [9.17, 15) is 18.0 Å². The first-order chi connectivity index (χ1) is 15.6. The number of hydrogen-bond donors (Lipinski definition) is 1. The minimum atomic E-state index is -5.08. The maximum atomic E-state index is 12.9. The third-order valence-electron chi connectivity index (χ3n) is 6.25. The van der Waals surface area contributed by atoms with Gasteiger partial charge in [-0.1, -0.05) is 0 Å². The van der Waals surface area contributed by atoms with Gasteiger partial charge in [-0.25, -0.2) is 4.79 Å². The third-order valence-corrected chi connectivity index (χ3v) is 6.25. The van der Waals surface area contributed by atoms with Crippen LogP contribution in [0.3, 0.4) is 0 Å². The number of carbonyl (C=O) groups excluding carboxylic acids is 1. The Morgan fingerprint density at radius 3 is 2.45 bits per heavy atom. The van der Waals surface area contributed by atoms with E-state index in [0.29, 0.717) is 30.4 Å². The van der Waals surface area contributed by atoms with Crippen molar-refractivity contribution in [2.24, 2.45) is 5.92 Å². The fourth-order valence-electron chi connectivity index (χ4n) is 4.44. The van der Waals surface area contributed by atoms with E-state index in [1.54, 1.807) is 7.11 Å². The lowest BCUT2D eigenvalue weighted by molar-refractivity contribution is -0.192. The number of carboxylic acids is 1. The molecule has 0 radical (unpaired) electrons. The molecular weight excluding hydrogens is 445 g/mol. The molecule has 33 heavy (non-hydrogen) atoms. The van der Waals surface area contributed by atoms with Crippen LogP contribution in [-0.2, 0) is 9.53 Å². The number of benzene rings is 1. The number of fused-ring (bicyclic) bond motifs is 1. The number of hydrogen-bond acceptors (Lipinski definition) is 6. The molecule has 1 unspecified atom stereocenters. The number of piperidine rings is 1. The van der Waals surface area contributed by atoms with Crippen molar-refractivity contribution >= 4 is 11.9 Å². The number of amides is 1. The largest absolute Gasteiger partial charge is 0.490 e. The molecule has 0 saturated carbocycles. The van der Waals surface area contributed by atoms with Gasteiger partial charge in [-0.15, -0.1) is 0 Å². The van der Waals surface area contributed by atoms with Gasteiger partial charge >= 0.3 is 12.1 Å². The predicted octanol–water partition coefficient (Wildman–Crippen LogP) is 2.66. The second kappa shape index (κ2) is 10.2. The second-order valence-electron chi connectivity index (χ2n) is 8.64. The number of halogens is 3. The van der Waals surface area contributed by atoms with Crippen molar-refractivity contribution in [2.45, 2.75) is 31.0 Å². The average Bonchev–Trinajstić information content (AvgIpc) is 2.98. The Kier molecular flexibility index (Phi) is 7.73. The van der Waals surface area contributed by atoms with E-state index >= 15 is 0 Å². The highest BCUT2D eigenvalue weighted by Crippen LogP contribution is 2.39. The summed E-state index contributed by atoms with van der Waals surface area (Å²) in [5.41, 5.74) is 0.790. The quantitative estimate of drug-likeness (QED) is 0.721. The number of aliphatic carboxylic acids is 1. The monoisotopic (exact) mass is 474 g/mol. The summed E-state index contributed by atoms with van der Waals surface area (Å²) in [6, 6.07) is 5.52. The number of rotatable bonds is 3. The molecule has 2 fully saturated rings. The number of methoxy groups -OCH3 is 1. The number of carboxylic acid groups (broad SMARTS) is 1. The van der Waals surface area contributed by atoms with Gasteiger partial charge in [-0.2, -0.15) is 13.2 Å². The van der Waals surface area contributed by atoms with Crippen LogP contribution in [-0.4, -0.2) is 92.1 Å². The summed E-state index contributed by atoms with van der Waals surface area (Å²) in [6.07, 6.45) is -1.95. The number of carbonyl (C=O) groups is 2. The van der Waals surface area contributed by atoms with Gasteiger partial charge in [0, 0.05) is 38.8 Å². The van der Waals surface area contributed by atoms with E-state index in [0.717, 1.165) is 44.8 Å². The normalized spacial score (nSPS) is 22.0. The van der Waals surface area contributed by atoms with Gasteiger partial charge in [-0.05, 0) is 50.6 Å². The molecule has 0 aromatic heterocycles. The van der Waals surface area contributed by atoms with Crippen molar-refractivity contribution in [1.29, 1.82) is 0 Å². The van der Waals surface area contributed by atoms with Gasteiger partial charge in [-0.3, -0.25) is 9.69 Å². The lowest BCUT2D eigenvalue weighted by atomic mass is 9.75. The third kappa shape index (κ3) is 5.89. The number of nitrogens with zero attached hydrogens (tertiary/aromatic N) is 2. The number of likely N-dealkylation sites (tertiary alicyclic amines) is 2. The molecule has 1 atom stereocenters. The molecule has 184 valence electrons. The van der Waals surface area contributed by atoms with E-state index in [2.05, 4.69) is 11.9 Å². The molecule has 8 nitrogen and oxygen atoms in total. The lowest BCUT2D eigenvalue weighted by Crippen LogP contribution is -2.72. The van der Waals surface area contributed by atoms with Crippen molar-refractivity contribution in [1.82, 2.24) is 9.80 Å². The highest BCUT2D eigenvalue weighted by atomic mass is 19.4. The number of ether oxygens (including phenoxy) is 3. The van der Waals surface area contributed by atoms with Gasteiger partial charge in [0.2, 0.25) is 0 Å². The molecule has 2 saturated heterocycles. The number of likely N-dealkylation sites (N-methyl/N-ethyl adjacent to an activating group) is 1. The van der Waals surface area contributed by atoms with Crippen LogP contribution in [0.4, 0.5) is 13.2 Å². The van der Waals surface area contributed by atoms with Crippen LogP contribution in [0.15, 0.2) is 18.2 Å². The van der Waals surface area contributed by atoms with E-state index in [4.69, 9.17) is 24.1 Å². The van der Waals surface area contributed by atoms with E-state index < -0.39 is 12.1 Å². The fraction of sp³-hybridized carbons (Fsp3) is 0.636. The molecule has 4 rings (SSSR count). The Bertz CT molecular complexity index is 857.